The van der Waals surface area contributed by atoms with Crippen molar-refractivity contribution < 1.29 is 14.3 Å². The van der Waals surface area contributed by atoms with Crippen molar-refractivity contribution in [2.45, 2.75) is 51.7 Å². The Bertz CT molecular complexity index is 1100. The van der Waals surface area contributed by atoms with Crippen molar-refractivity contribution in [2.24, 2.45) is 10.7 Å². The lowest BCUT2D eigenvalue weighted by atomic mass is 10.1. The monoisotopic (exact) mass is 568 g/mol. The van der Waals surface area contributed by atoms with Crippen LogP contribution in [-0.2, 0) is 22.6 Å². The largest absolute Gasteiger partial charge is 0.496 e. The van der Waals surface area contributed by atoms with Crippen LogP contribution in [0.15, 0.2) is 47.0 Å². The molecule has 1 fully saturated rings. The average Bonchev–Trinajstić information content (AvgIpc) is 3.38. The highest BCUT2D eigenvalue weighted by molar-refractivity contribution is 5.81. The number of amides is 1. The summed E-state index contributed by atoms with van der Waals surface area (Å²) < 4.78 is 11.3. The van der Waals surface area contributed by atoms with E-state index in [4.69, 9.17) is 15.2 Å². The number of carbonyl (C=O) groups is 1. The van der Waals surface area contributed by atoms with E-state index >= 15 is 0 Å². The molecule has 1 atom stereocenters. The van der Waals surface area contributed by atoms with Gasteiger partial charge in [0.2, 0.25) is 5.91 Å². The lowest BCUT2D eigenvalue weighted by Gasteiger charge is -2.35. The lowest BCUT2D eigenvalue weighted by molar-refractivity contribution is -0.134. The molecule has 3 aliphatic heterocycles. The van der Waals surface area contributed by atoms with Crippen LogP contribution in [0, 0.1) is 0 Å². The van der Waals surface area contributed by atoms with E-state index in [9.17, 15) is 4.79 Å². The van der Waals surface area contributed by atoms with E-state index in [1.54, 1.807) is 7.11 Å². The zero-order valence-corrected chi connectivity index (χ0v) is 25.0. The lowest BCUT2D eigenvalue weighted by Crippen LogP contribution is -2.48. The molecule has 0 aromatic heterocycles. The number of carbonyl (C=O) groups excluding carboxylic acids is 1. The van der Waals surface area contributed by atoms with Gasteiger partial charge in [0.1, 0.15) is 17.6 Å². The number of likely N-dealkylation sites (N-methyl/N-ethyl adjacent to an activating group) is 1. The van der Waals surface area contributed by atoms with Gasteiger partial charge in [-0.1, -0.05) is 31.9 Å². The molecule has 0 bridgehead atoms. The van der Waals surface area contributed by atoms with E-state index < -0.39 is 0 Å². The summed E-state index contributed by atoms with van der Waals surface area (Å²) in [6.07, 6.45) is 8.09. The van der Waals surface area contributed by atoms with Crippen molar-refractivity contribution in [3.05, 3.63) is 53.1 Å². The highest BCUT2D eigenvalue weighted by Crippen LogP contribution is 2.31. The quantitative estimate of drug-likeness (QED) is 0.220. The molecule has 0 radical (unpaired) electrons. The summed E-state index contributed by atoms with van der Waals surface area (Å²) in [5.41, 5.74) is 9.46. The first-order valence-electron chi connectivity index (χ1n) is 14.9. The van der Waals surface area contributed by atoms with Gasteiger partial charge in [-0.05, 0) is 31.2 Å². The van der Waals surface area contributed by atoms with E-state index in [1.807, 2.05) is 11.9 Å². The highest BCUT2D eigenvalue weighted by Gasteiger charge is 2.30. The Kier molecular flexibility index (Phi) is 11.7. The van der Waals surface area contributed by atoms with Crippen molar-refractivity contribution in [2.75, 3.05) is 66.6 Å². The molecule has 1 saturated heterocycles. The maximum atomic E-state index is 12.5. The van der Waals surface area contributed by atoms with Crippen molar-refractivity contribution in [1.29, 1.82) is 0 Å². The Morgan fingerprint density at radius 3 is 2.73 bits per heavy atom. The number of hydrogen-bond acceptors (Lipinski definition) is 10. The van der Waals surface area contributed by atoms with Crippen molar-refractivity contribution >= 4 is 11.9 Å². The fourth-order valence-electron chi connectivity index (χ4n) is 5.37. The molecule has 1 aromatic carbocycles. The summed E-state index contributed by atoms with van der Waals surface area (Å²) in [4.78, 5) is 23.7. The number of ether oxygens (including phenoxy) is 2. The van der Waals surface area contributed by atoms with Gasteiger partial charge in [0.05, 0.1) is 39.0 Å². The number of unbranched alkanes of at least 4 members (excludes halogenated alkanes) is 2. The van der Waals surface area contributed by atoms with Gasteiger partial charge in [0.15, 0.2) is 5.96 Å². The first-order valence-corrected chi connectivity index (χ1v) is 14.9. The molecule has 0 saturated carbocycles. The molecule has 11 nitrogen and oxygen atoms in total. The number of benzene rings is 1. The molecule has 1 aromatic rings. The number of nitrogens with one attached hydrogen (secondary N) is 3. The van der Waals surface area contributed by atoms with E-state index in [1.165, 1.54) is 18.4 Å². The minimum absolute atomic E-state index is 0.0911. The molecule has 0 spiro atoms. The zero-order chi connectivity index (χ0) is 29.0. The first-order chi connectivity index (χ1) is 20.0. The summed E-state index contributed by atoms with van der Waals surface area (Å²) in [5, 5.41) is 9.82. The first kappa shape index (κ1) is 30.7. The number of fused-ring (bicyclic) bond motifs is 1. The molecule has 11 heteroatoms. The molecule has 1 unspecified atom stereocenters. The van der Waals surface area contributed by atoms with Crippen LogP contribution in [0.2, 0.25) is 0 Å². The molecular formula is C30H48N8O3. The summed E-state index contributed by atoms with van der Waals surface area (Å²) in [6.45, 7) is 9.70. The second-order valence-electron chi connectivity index (χ2n) is 10.7. The zero-order valence-electron chi connectivity index (χ0n) is 25.0. The van der Waals surface area contributed by atoms with Crippen LogP contribution in [0.4, 0.5) is 0 Å². The summed E-state index contributed by atoms with van der Waals surface area (Å²) >= 11 is 0. The Morgan fingerprint density at radius 2 is 1.98 bits per heavy atom. The van der Waals surface area contributed by atoms with Gasteiger partial charge in [-0.3, -0.25) is 9.69 Å². The number of nitrogens with two attached hydrogens (primary N) is 1. The predicted octanol–water partition coefficient (Wildman–Crippen LogP) is 1.53. The molecule has 226 valence electrons. The minimum atomic E-state index is -0.0911. The van der Waals surface area contributed by atoms with Crippen LogP contribution < -0.4 is 26.4 Å². The normalized spacial score (nSPS) is 18.8. The van der Waals surface area contributed by atoms with Gasteiger partial charge in [-0.25, -0.2) is 4.99 Å². The number of hydrogen-bond donors (Lipinski definition) is 4. The number of methoxy groups -OCH3 is 1. The molecular weight excluding hydrogens is 520 g/mol. The molecule has 0 aliphatic carbocycles. The minimum Gasteiger partial charge on any atom is -0.496 e. The fourth-order valence-corrected chi connectivity index (χ4v) is 5.37. The van der Waals surface area contributed by atoms with Gasteiger partial charge >= 0.3 is 0 Å². The standard InChI is InChI=1S/C30H48N8O3/c1-4-5-6-11-33-29-28-25(34-30(31)35-29)9-13-38(28)22-24-8-7-23(20-26(24)40-3)21-36-14-16-37(17-15-36)27(39)10-18-41-19-12-32-2/h7-9,13,20,25,32-33H,4-6,10-12,14-19,21-22H2,1-3H3,(H3,31,34,35). The molecule has 3 aliphatic rings. The second-order valence-corrected chi connectivity index (χ2v) is 10.7. The van der Waals surface area contributed by atoms with Gasteiger partial charge in [0, 0.05) is 57.6 Å². The van der Waals surface area contributed by atoms with Gasteiger partial charge in [0.25, 0.3) is 0 Å². The van der Waals surface area contributed by atoms with Crippen LogP contribution in [0.3, 0.4) is 0 Å². The van der Waals surface area contributed by atoms with Crippen LogP contribution >= 0.6 is 0 Å². The molecule has 1 amide bonds. The third-order valence-corrected chi connectivity index (χ3v) is 7.69. The van der Waals surface area contributed by atoms with E-state index in [2.05, 4.69) is 68.1 Å². The van der Waals surface area contributed by atoms with Crippen molar-refractivity contribution in [3.63, 3.8) is 0 Å². The van der Waals surface area contributed by atoms with Crippen LogP contribution in [0.25, 0.3) is 0 Å². The van der Waals surface area contributed by atoms with Gasteiger partial charge in [-0.2, -0.15) is 0 Å². The number of rotatable bonds is 16. The maximum Gasteiger partial charge on any atom is 0.224 e. The van der Waals surface area contributed by atoms with Crippen molar-refractivity contribution in [3.8, 4) is 5.75 Å². The van der Waals surface area contributed by atoms with Gasteiger partial charge < -0.3 is 41.0 Å². The van der Waals surface area contributed by atoms with Crippen LogP contribution in [0.5, 0.6) is 5.75 Å². The Morgan fingerprint density at radius 1 is 1.15 bits per heavy atom. The molecule has 4 rings (SSSR count). The number of guanidine groups is 1. The summed E-state index contributed by atoms with van der Waals surface area (Å²) in [6, 6.07) is 6.39. The Labute approximate surface area is 244 Å². The maximum absolute atomic E-state index is 12.5. The predicted molar refractivity (Wildman–Crippen MR) is 162 cm³/mol. The number of piperazine rings is 1. The van der Waals surface area contributed by atoms with Crippen molar-refractivity contribution in [1.82, 2.24) is 30.7 Å². The summed E-state index contributed by atoms with van der Waals surface area (Å²) in [7, 11) is 3.62. The Balaban J connectivity index is 1.31. The smallest absolute Gasteiger partial charge is 0.224 e. The number of nitrogens with zero attached hydrogens (tertiary/aromatic N) is 4. The Hall–Kier alpha value is -3.28. The van der Waals surface area contributed by atoms with Crippen LogP contribution in [-0.4, -0.2) is 99.2 Å². The number of aliphatic imine (C=N–C) groups is 1. The average molecular weight is 569 g/mol. The molecule has 41 heavy (non-hydrogen) atoms. The molecule has 3 heterocycles. The third kappa shape index (κ3) is 8.61. The molecule has 5 N–H and O–H groups in total. The van der Waals surface area contributed by atoms with E-state index in [0.29, 0.717) is 32.1 Å². The van der Waals surface area contributed by atoms with Gasteiger partial charge in [-0.15, -0.1) is 0 Å². The SMILES string of the molecule is CCCCCNC1=C2C(C=CN2Cc2ccc(CN3CCN(C(=O)CCOCCNC)CC3)cc2OC)N=C(N)N1. The third-order valence-electron chi connectivity index (χ3n) is 7.69. The topological polar surface area (TPSA) is 120 Å². The fraction of sp³-hybridized carbons (Fsp3) is 0.600. The highest BCUT2D eigenvalue weighted by atomic mass is 16.5. The van der Waals surface area contributed by atoms with Crippen LogP contribution in [0.1, 0.15) is 43.7 Å². The second kappa shape index (κ2) is 15.6. The van der Waals surface area contributed by atoms with E-state index in [-0.39, 0.29) is 11.9 Å². The van der Waals surface area contributed by atoms with E-state index in [0.717, 1.165) is 75.1 Å². The summed E-state index contributed by atoms with van der Waals surface area (Å²) in [5.74, 6) is 2.41.